The van der Waals surface area contributed by atoms with Gasteiger partial charge < -0.3 is 14.0 Å². The number of thiophene rings is 1. The summed E-state index contributed by atoms with van der Waals surface area (Å²) in [7, 11) is 1.33. The summed E-state index contributed by atoms with van der Waals surface area (Å²) >= 11 is 2.86. The minimum atomic E-state index is -0.411. The number of carbonyl (C=O) groups is 2. The van der Waals surface area contributed by atoms with E-state index >= 15 is 0 Å². The van der Waals surface area contributed by atoms with Gasteiger partial charge in [-0.2, -0.15) is 4.99 Å². The number of carbonyl (C=O) groups excluding carboxylic acids is 2. The first-order valence-corrected chi connectivity index (χ1v) is 9.93. The molecule has 0 N–H and O–H groups in total. The number of nitrogens with zero attached hydrogens (tertiary/aromatic N) is 2. The highest BCUT2D eigenvalue weighted by Gasteiger charge is 2.12. The van der Waals surface area contributed by atoms with Crippen molar-refractivity contribution in [3.8, 4) is 5.75 Å². The van der Waals surface area contributed by atoms with Crippen LogP contribution >= 0.6 is 22.7 Å². The third-order valence-electron chi connectivity index (χ3n) is 3.62. The number of benzene rings is 1. The summed E-state index contributed by atoms with van der Waals surface area (Å²) in [5.74, 6) is -0.0721. The van der Waals surface area contributed by atoms with Crippen molar-refractivity contribution in [2.75, 3.05) is 13.7 Å². The molecule has 0 saturated heterocycles. The molecule has 0 bridgehead atoms. The van der Waals surface area contributed by atoms with Crippen LogP contribution in [0.2, 0.25) is 0 Å². The number of hydrogen-bond donors (Lipinski definition) is 0. The highest BCUT2D eigenvalue weighted by atomic mass is 32.1. The normalized spacial score (nSPS) is 12.0. The fourth-order valence-electron chi connectivity index (χ4n) is 2.41. The Balaban J connectivity index is 2.01. The highest BCUT2D eigenvalue weighted by molar-refractivity contribution is 7.16. The van der Waals surface area contributed by atoms with Gasteiger partial charge in [0.05, 0.1) is 23.9 Å². The number of fused-ring (bicyclic) bond motifs is 1. The van der Waals surface area contributed by atoms with Gasteiger partial charge in [0.2, 0.25) is 0 Å². The number of ether oxygens (including phenoxy) is 2. The summed E-state index contributed by atoms with van der Waals surface area (Å²) in [5.41, 5.74) is 0.794. The van der Waals surface area contributed by atoms with E-state index in [2.05, 4.69) is 4.99 Å². The van der Waals surface area contributed by atoms with Crippen molar-refractivity contribution in [2.45, 2.75) is 13.5 Å². The van der Waals surface area contributed by atoms with Gasteiger partial charge in [-0.05, 0) is 42.6 Å². The van der Waals surface area contributed by atoms with Crippen LogP contribution in [-0.2, 0) is 20.9 Å². The molecule has 140 valence electrons. The van der Waals surface area contributed by atoms with E-state index in [0.29, 0.717) is 11.4 Å². The number of esters is 1. The SMILES string of the molecule is CCOc1ccc2c(c1)sc(=NC(=O)/C=C/c1cccs1)n2CC(=O)OC. The van der Waals surface area contributed by atoms with Crippen LogP contribution in [0.25, 0.3) is 16.3 Å². The van der Waals surface area contributed by atoms with Crippen LogP contribution in [0.1, 0.15) is 11.8 Å². The van der Waals surface area contributed by atoms with E-state index in [0.717, 1.165) is 20.8 Å². The van der Waals surface area contributed by atoms with E-state index in [1.807, 2.05) is 42.6 Å². The lowest BCUT2D eigenvalue weighted by molar-refractivity contribution is -0.141. The minimum Gasteiger partial charge on any atom is -0.494 e. The Morgan fingerprint density at radius 1 is 1.30 bits per heavy atom. The Kier molecular flexibility index (Phi) is 6.20. The molecule has 0 unspecified atom stereocenters. The summed E-state index contributed by atoms with van der Waals surface area (Å²) in [6, 6.07) is 9.39. The molecule has 2 aromatic heterocycles. The van der Waals surface area contributed by atoms with Crippen LogP contribution in [0.5, 0.6) is 5.75 Å². The minimum absolute atomic E-state index is 0.0226. The molecule has 6 nitrogen and oxygen atoms in total. The monoisotopic (exact) mass is 402 g/mol. The average molecular weight is 402 g/mol. The molecule has 0 fully saturated rings. The van der Waals surface area contributed by atoms with Crippen LogP contribution in [0, 0.1) is 0 Å². The molecule has 0 radical (unpaired) electrons. The number of thiazole rings is 1. The first-order chi connectivity index (χ1) is 13.1. The third-order valence-corrected chi connectivity index (χ3v) is 5.50. The second kappa shape index (κ2) is 8.79. The van der Waals surface area contributed by atoms with Crippen LogP contribution < -0.4 is 9.54 Å². The van der Waals surface area contributed by atoms with Crippen LogP contribution in [0.4, 0.5) is 0 Å². The van der Waals surface area contributed by atoms with Crippen molar-refractivity contribution < 1.29 is 19.1 Å². The Morgan fingerprint density at radius 3 is 2.85 bits per heavy atom. The van der Waals surface area contributed by atoms with Gasteiger partial charge in [0.25, 0.3) is 5.91 Å². The predicted octanol–water partition coefficient (Wildman–Crippen LogP) is 3.48. The zero-order valence-electron chi connectivity index (χ0n) is 14.9. The first-order valence-electron chi connectivity index (χ1n) is 8.24. The van der Waals surface area contributed by atoms with Crippen molar-refractivity contribution in [1.82, 2.24) is 4.57 Å². The fraction of sp³-hybridized carbons (Fsp3) is 0.211. The standard InChI is InChI=1S/C19H18N2O4S2/c1-3-25-13-6-8-15-16(11-13)27-19(21(15)12-18(23)24-2)20-17(22)9-7-14-5-4-10-26-14/h4-11H,3,12H2,1-2H3/b9-7+,20-19?. The summed E-state index contributed by atoms with van der Waals surface area (Å²) in [4.78, 5) is 29.7. The maximum atomic E-state index is 12.3. The second-order valence-electron chi connectivity index (χ2n) is 5.41. The van der Waals surface area contributed by atoms with E-state index in [1.165, 1.54) is 35.9 Å². The van der Waals surface area contributed by atoms with Gasteiger partial charge in [-0.25, -0.2) is 0 Å². The second-order valence-corrected chi connectivity index (χ2v) is 7.40. The Morgan fingerprint density at radius 2 is 2.15 bits per heavy atom. The molecule has 0 atom stereocenters. The topological polar surface area (TPSA) is 69.9 Å². The first kappa shape index (κ1) is 19.1. The summed E-state index contributed by atoms with van der Waals surface area (Å²) in [5, 5.41) is 1.94. The maximum absolute atomic E-state index is 12.3. The Labute approximate surface area is 164 Å². The fourth-order valence-corrected chi connectivity index (χ4v) is 4.09. The molecule has 0 aliphatic rings. The van der Waals surface area contributed by atoms with Crippen molar-refractivity contribution in [3.63, 3.8) is 0 Å². The molecule has 2 heterocycles. The van der Waals surface area contributed by atoms with Gasteiger partial charge in [0.15, 0.2) is 4.80 Å². The smallest absolute Gasteiger partial charge is 0.325 e. The van der Waals surface area contributed by atoms with Crippen molar-refractivity contribution >= 4 is 50.8 Å². The van der Waals surface area contributed by atoms with E-state index in [9.17, 15) is 9.59 Å². The Hall–Kier alpha value is -2.71. The molecule has 3 rings (SSSR count). The molecule has 8 heteroatoms. The predicted molar refractivity (Wildman–Crippen MR) is 107 cm³/mol. The molecule has 0 spiro atoms. The molecular weight excluding hydrogens is 384 g/mol. The number of hydrogen-bond acceptors (Lipinski definition) is 6. The largest absolute Gasteiger partial charge is 0.494 e. The number of amides is 1. The van der Waals surface area contributed by atoms with Crippen LogP contribution in [0.15, 0.2) is 46.8 Å². The van der Waals surface area contributed by atoms with Crippen molar-refractivity contribution in [1.29, 1.82) is 0 Å². The van der Waals surface area contributed by atoms with E-state index in [1.54, 1.807) is 10.6 Å². The quantitative estimate of drug-likeness (QED) is 0.468. The lowest BCUT2D eigenvalue weighted by Gasteiger charge is -2.05. The number of rotatable bonds is 6. The van der Waals surface area contributed by atoms with Crippen LogP contribution in [0.3, 0.4) is 0 Å². The van der Waals surface area contributed by atoms with Gasteiger partial charge in [-0.15, -0.1) is 11.3 Å². The van der Waals surface area contributed by atoms with Crippen molar-refractivity contribution in [3.05, 3.63) is 51.5 Å². The molecule has 0 saturated carbocycles. The molecule has 1 aromatic carbocycles. The summed E-state index contributed by atoms with van der Waals surface area (Å²) in [6.45, 7) is 2.45. The lowest BCUT2D eigenvalue weighted by Crippen LogP contribution is -2.22. The van der Waals surface area contributed by atoms with Gasteiger partial charge in [0.1, 0.15) is 12.3 Å². The van der Waals surface area contributed by atoms with Gasteiger partial charge in [-0.3, -0.25) is 9.59 Å². The van der Waals surface area contributed by atoms with Crippen LogP contribution in [-0.4, -0.2) is 30.2 Å². The molecule has 27 heavy (non-hydrogen) atoms. The number of methoxy groups -OCH3 is 1. The maximum Gasteiger partial charge on any atom is 0.325 e. The highest BCUT2D eigenvalue weighted by Crippen LogP contribution is 2.23. The summed E-state index contributed by atoms with van der Waals surface area (Å²) in [6.07, 6.45) is 3.14. The molecule has 0 aliphatic carbocycles. The van der Waals surface area contributed by atoms with E-state index in [-0.39, 0.29) is 6.54 Å². The van der Waals surface area contributed by atoms with Crippen molar-refractivity contribution in [2.24, 2.45) is 4.99 Å². The third kappa shape index (κ3) is 4.72. The average Bonchev–Trinajstić information content (AvgIpc) is 3.28. The van der Waals surface area contributed by atoms with Gasteiger partial charge in [-0.1, -0.05) is 17.4 Å². The molecule has 3 aromatic rings. The Bertz CT molecular complexity index is 1050. The molecule has 1 amide bonds. The lowest BCUT2D eigenvalue weighted by atomic mass is 10.3. The van der Waals surface area contributed by atoms with E-state index in [4.69, 9.17) is 9.47 Å². The summed E-state index contributed by atoms with van der Waals surface area (Å²) < 4.78 is 12.8. The molecule has 0 aliphatic heterocycles. The zero-order valence-corrected chi connectivity index (χ0v) is 16.5. The zero-order chi connectivity index (χ0) is 19.2. The van der Waals surface area contributed by atoms with Gasteiger partial charge >= 0.3 is 5.97 Å². The molecular formula is C19H18N2O4S2. The van der Waals surface area contributed by atoms with Gasteiger partial charge in [0, 0.05) is 11.0 Å². The number of aromatic nitrogens is 1. The van der Waals surface area contributed by atoms with E-state index < -0.39 is 11.9 Å².